The molecule has 0 atom stereocenters. The molecule has 2 aromatic rings. The first kappa shape index (κ1) is 22.8. The average molecular weight is 431 g/mol. The molecular weight excluding hydrogens is 396 g/mol. The fourth-order valence-corrected chi connectivity index (χ4v) is 5.62. The summed E-state index contributed by atoms with van der Waals surface area (Å²) in [6, 6.07) is 15.3. The smallest absolute Gasteiger partial charge is 0.243 e. The lowest BCUT2D eigenvalue weighted by Gasteiger charge is -2.34. The summed E-state index contributed by atoms with van der Waals surface area (Å²) >= 11 is 0. The third-order valence-electron chi connectivity index (χ3n) is 5.80. The maximum Gasteiger partial charge on any atom is 0.243 e. The van der Waals surface area contributed by atoms with Gasteiger partial charge in [0.15, 0.2) is 0 Å². The molecule has 6 heteroatoms. The van der Waals surface area contributed by atoms with Gasteiger partial charge < -0.3 is 10.1 Å². The fraction of sp³-hybridized carbons (Fsp3) is 0.500. The van der Waals surface area contributed by atoms with E-state index in [1.165, 1.54) is 0 Å². The van der Waals surface area contributed by atoms with Gasteiger partial charge in [-0.2, -0.15) is 4.31 Å². The molecule has 0 spiro atoms. The molecule has 0 unspecified atom stereocenters. The Morgan fingerprint density at radius 3 is 2.33 bits per heavy atom. The van der Waals surface area contributed by atoms with E-state index in [2.05, 4.69) is 26.1 Å². The molecule has 5 nitrogen and oxygen atoms in total. The molecule has 0 aromatic heterocycles. The van der Waals surface area contributed by atoms with Gasteiger partial charge in [-0.25, -0.2) is 8.42 Å². The minimum Gasteiger partial charge on any atom is -0.497 e. The van der Waals surface area contributed by atoms with Crippen molar-refractivity contribution in [2.45, 2.75) is 56.4 Å². The van der Waals surface area contributed by atoms with Gasteiger partial charge in [0.05, 0.1) is 12.0 Å². The van der Waals surface area contributed by atoms with Crippen LogP contribution in [0, 0.1) is 0 Å². The Morgan fingerprint density at radius 2 is 1.73 bits per heavy atom. The number of piperidine rings is 1. The normalized spacial score (nSPS) is 16.0. The molecule has 1 saturated heterocycles. The summed E-state index contributed by atoms with van der Waals surface area (Å²) in [5.74, 6) is 0.806. The molecule has 1 fully saturated rings. The monoisotopic (exact) mass is 430 g/mol. The Labute approximate surface area is 181 Å². The molecule has 30 heavy (non-hydrogen) atoms. The van der Waals surface area contributed by atoms with E-state index < -0.39 is 10.0 Å². The summed E-state index contributed by atoms with van der Waals surface area (Å²) < 4.78 is 34.4. The summed E-state index contributed by atoms with van der Waals surface area (Å²) in [6.07, 6.45) is 2.34. The standard InChI is InChI=1S/C24H34N2O3S/c1-24(2,3)20-6-5-7-23(18-20)30(27,28)26(21-12-15-25-16-13-21)17-14-19-8-10-22(29-4)11-9-19/h5-11,18,21,25H,12-17H2,1-4H3. The van der Waals surface area contributed by atoms with Crippen molar-refractivity contribution < 1.29 is 13.2 Å². The van der Waals surface area contributed by atoms with Crippen LogP contribution in [0.3, 0.4) is 0 Å². The number of nitrogens with one attached hydrogen (secondary N) is 1. The van der Waals surface area contributed by atoms with Crippen LogP contribution in [0.5, 0.6) is 5.75 Å². The van der Waals surface area contributed by atoms with Gasteiger partial charge in [0.1, 0.15) is 5.75 Å². The van der Waals surface area contributed by atoms with Gasteiger partial charge >= 0.3 is 0 Å². The fourth-order valence-electron chi connectivity index (χ4n) is 3.88. The molecule has 0 aliphatic carbocycles. The Kier molecular flexibility index (Phi) is 7.22. The zero-order valence-corrected chi connectivity index (χ0v) is 19.3. The maximum atomic E-state index is 13.7. The Hall–Kier alpha value is -1.89. The largest absolute Gasteiger partial charge is 0.497 e. The third kappa shape index (κ3) is 5.42. The van der Waals surface area contributed by atoms with Crippen molar-refractivity contribution >= 4 is 10.0 Å². The van der Waals surface area contributed by atoms with E-state index in [0.717, 1.165) is 42.8 Å². The van der Waals surface area contributed by atoms with E-state index in [4.69, 9.17) is 4.74 Å². The summed E-state index contributed by atoms with van der Waals surface area (Å²) in [5, 5.41) is 3.34. The van der Waals surface area contributed by atoms with Crippen LogP contribution in [0.15, 0.2) is 53.4 Å². The lowest BCUT2D eigenvalue weighted by Crippen LogP contribution is -2.46. The zero-order valence-electron chi connectivity index (χ0n) is 18.5. The van der Waals surface area contributed by atoms with Gasteiger partial charge in [-0.3, -0.25) is 0 Å². The number of nitrogens with zero attached hydrogens (tertiary/aromatic N) is 1. The van der Waals surface area contributed by atoms with E-state index in [-0.39, 0.29) is 11.5 Å². The number of sulfonamides is 1. The van der Waals surface area contributed by atoms with Crippen molar-refractivity contribution in [2.75, 3.05) is 26.7 Å². The first-order chi connectivity index (χ1) is 14.2. The molecule has 2 aromatic carbocycles. The van der Waals surface area contributed by atoms with Gasteiger partial charge in [-0.05, 0) is 73.2 Å². The number of benzene rings is 2. The lowest BCUT2D eigenvalue weighted by atomic mass is 9.87. The molecule has 1 N–H and O–H groups in total. The van der Waals surface area contributed by atoms with E-state index in [1.54, 1.807) is 17.5 Å². The van der Waals surface area contributed by atoms with Crippen LogP contribution in [0.4, 0.5) is 0 Å². The summed E-state index contributed by atoms with van der Waals surface area (Å²) in [6.45, 7) is 8.48. The van der Waals surface area contributed by atoms with Crippen molar-refractivity contribution in [1.82, 2.24) is 9.62 Å². The van der Waals surface area contributed by atoms with Crippen LogP contribution in [-0.4, -0.2) is 45.5 Å². The topological polar surface area (TPSA) is 58.6 Å². The predicted octanol–water partition coefficient (Wildman–Crippen LogP) is 3.98. The number of hydrogen-bond acceptors (Lipinski definition) is 4. The second-order valence-electron chi connectivity index (χ2n) is 8.97. The minimum absolute atomic E-state index is 0.0211. The second kappa shape index (κ2) is 9.50. The number of ether oxygens (including phenoxy) is 1. The van der Waals surface area contributed by atoms with Crippen molar-refractivity contribution in [2.24, 2.45) is 0 Å². The van der Waals surface area contributed by atoms with Gasteiger partial charge in [-0.15, -0.1) is 0 Å². The first-order valence-corrected chi connectivity index (χ1v) is 12.1. The number of rotatable bonds is 7. The molecule has 0 bridgehead atoms. The van der Waals surface area contributed by atoms with Gasteiger partial charge in [0, 0.05) is 12.6 Å². The molecule has 164 valence electrons. The van der Waals surface area contributed by atoms with Crippen molar-refractivity contribution in [3.8, 4) is 5.75 Å². The van der Waals surface area contributed by atoms with E-state index in [0.29, 0.717) is 17.9 Å². The molecular formula is C24H34N2O3S. The highest BCUT2D eigenvalue weighted by atomic mass is 32.2. The van der Waals surface area contributed by atoms with Gasteiger partial charge in [0.2, 0.25) is 10.0 Å². The summed E-state index contributed by atoms with van der Waals surface area (Å²) in [4.78, 5) is 0.392. The highest BCUT2D eigenvalue weighted by Crippen LogP contribution is 2.28. The quantitative estimate of drug-likeness (QED) is 0.722. The molecule has 1 aliphatic rings. The number of methoxy groups -OCH3 is 1. The molecule has 0 radical (unpaired) electrons. The molecule has 0 saturated carbocycles. The number of hydrogen-bond donors (Lipinski definition) is 1. The highest BCUT2D eigenvalue weighted by Gasteiger charge is 2.32. The van der Waals surface area contributed by atoms with E-state index in [1.807, 2.05) is 42.5 Å². The molecule has 1 aliphatic heterocycles. The van der Waals surface area contributed by atoms with Crippen molar-refractivity contribution in [3.63, 3.8) is 0 Å². The summed E-state index contributed by atoms with van der Waals surface area (Å²) in [5.41, 5.74) is 2.03. The van der Waals surface area contributed by atoms with Crippen LogP contribution in [-0.2, 0) is 21.9 Å². The Morgan fingerprint density at radius 1 is 1.07 bits per heavy atom. The zero-order chi connectivity index (χ0) is 21.8. The lowest BCUT2D eigenvalue weighted by molar-refractivity contribution is 0.264. The molecule has 0 amide bonds. The average Bonchev–Trinajstić information content (AvgIpc) is 2.74. The highest BCUT2D eigenvalue weighted by molar-refractivity contribution is 7.89. The van der Waals surface area contributed by atoms with Crippen LogP contribution in [0.25, 0.3) is 0 Å². The molecule has 3 rings (SSSR count). The Bertz CT molecular complexity index is 928. The van der Waals surface area contributed by atoms with Crippen LogP contribution >= 0.6 is 0 Å². The van der Waals surface area contributed by atoms with Crippen LogP contribution < -0.4 is 10.1 Å². The van der Waals surface area contributed by atoms with E-state index >= 15 is 0 Å². The van der Waals surface area contributed by atoms with Gasteiger partial charge in [-0.1, -0.05) is 45.0 Å². The second-order valence-corrected chi connectivity index (χ2v) is 10.9. The SMILES string of the molecule is COc1ccc(CCN(C2CCNCC2)S(=O)(=O)c2cccc(C(C)(C)C)c2)cc1. The van der Waals surface area contributed by atoms with Crippen molar-refractivity contribution in [3.05, 3.63) is 59.7 Å². The minimum atomic E-state index is -3.59. The molecule has 1 heterocycles. The van der Waals surface area contributed by atoms with Crippen LogP contribution in [0.1, 0.15) is 44.7 Å². The third-order valence-corrected chi connectivity index (χ3v) is 7.75. The first-order valence-electron chi connectivity index (χ1n) is 10.7. The predicted molar refractivity (Wildman–Crippen MR) is 122 cm³/mol. The van der Waals surface area contributed by atoms with E-state index in [9.17, 15) is 8.42 Å². The van der Waals surface area contributed by atoms with Gasteiger partial charge in [0.25, 0.3) is 0 Å². The van der Waals surface area contributed by atoms with Crippen molar-refractivity contribution in [1.29, 1.82) is 0 Å². The van der Waals surface area contributed by atoms with Crippen LogP contribution in [0.2, 0.25) is 0 Å². The summed E-state index contributed by atoms with van der Waals surface area (Å²) in [7, 11) is -1.94. The Balaban J connectivity index is 1.88. The maximum absolute atomic E-state index is 13.7.